The Kier molecular flexibility index (Phi) is 26.5. The first-order valence-corrected chi connectivity index (χ1v) is 10.4. The predicted octanol–water partition coefficient (Wildman–Crippen LogP) is 6.69. The first kappa shape index (κ1) is 39.8. The maximum absolute atomic E-state index is 12.4. The molecule has 2 aromatic carbocycles. The molecule has 0 N–H and O–H groups in total. The van der Waals surface area contributed by atoms with Crippen LogP contribution in [0, 0.1) is 0 Å². The Morgan fingerprint density at radius 2 is 1.31 bits per heavy atom. The Labute approximate surface area is 217 Å². The lowest BCUT2D eigenvalue weighted by molar-refractivity contribution is -0.153. The number of aryl methyl sites for hydroxylation is 1. The molecule has 0 saturated heterocycles. The summed E-state index contributed by atoms with van der Waals surface area (Å²) in [6.45, 7) is 2.41. The molecular formula is C29H48BO5. The molecule has 0 aliphatic rings. The van der Waals surface area contributed by atoms with Gasteiger partial charge in [-0.1, -0.05) is 90.4 Å². The molecule has 6 heteroatoms. The van der Waals surface area contributed by atoms with Gasteiger partial charge in [-0.2, -0.15) is 0 Å². The van der Waals surface area contributed by atoms with Crippen molar-refractivity contribution in [2.45, 2.75) is 87.5 Å². The summed E-state index contributed by atoms with van der Waals surface area (Å²) < 4.78 is 16.7. The fourth-order valence-corrected chi connectivity index (χ4v) is 3.20. The zero-order chi connectivity index (χ0) is 21.6. The van der Waals surface area contributed by atoms with Crippen molar-refractivity contribution >= 4 is 20.2 Å². The summed E-state index contributed by atoms with van der Waals surface area (Å²) in [5.74, 6) is -0.354. The Morgan fingerprint density at radius 3 is 1.83 bits per heavy atom. The SMILES string of the molecule is C.C.C.C.COC(CCc1ccccc1)CC(=O)OC(CCOCc1ccccc1)CC(C)=O.[B]. The number of methoxy groups -OCH3 is 1. The van der Waals surface area contributed by atoms with Gasteiger partial charge in [-0.3, -0.25) is 9.59 Å². The molecule has 0 heterocycles. The largest absolute Gasteiger partial charge is 0.462 e. The van der Waals surface area contributed by atoms with E-state index in [-0.39, 0.29) is 68.8 Å². The summed E-state index contributed by atoms with van der Waals surface area (Å²) in [5, 5.41) is 0. The number of Topliss-reactive ketones (excluding diaryl/α,β-unsaturated/α-hetero) is 1. The van der Waals surface area contributed by atoms with Gasteiger partial charge in [0.1, 0.15) is 11.9 Å². The Bertz CT molecular complexity index is 752. The molecule has 3 radical (unpaired) electrons. The average molecular weight is 488 g/mol. The van der Waals surface area contributed by atoms with E-state index >= 15 is 0 Å². The highest BCUT2D eigenvalue weighted by Crippen LogP contribution is 2.14. The highest BCUT2D eigenvalue weighted by Gasteiger charge is 2.20. The van der Waals surface area contributed by atoms with E-state index in [1.807, 2.05) is 48.5 Å². The minimum atomic E-state index is -0.475. The molecule has 0 aliphatic heterocycles. The van der Waals surface area contributed by atoms with Crippen LogP contribution in [0.5, 0.6) is 0 Å². The van der Waals surface area contributed by atoms with Gasteiger partial charge in [0, 0.05) is 28.4 Å². The van der Waals surface area contributed by atoms with Gasteiger partial charge in [-0.05, 0) is 30.9 Å². The monoisotopic (exact) mass is 487 g/mol. The lowest BCUT2D eigenvalue weighted by Crippen LogP contribution is -2.26. The minimum Gasteiger partial charge on any atom is -0.462 e. The van der Waals surface area contributed by atoms with Crippen LogP contribution in [0.2, 0.25) is 0 Å². The van der Waals surface area contributed by atoms with Gasteiger partial charge in [0.25, 0.3) is 0 Å². The number of esters is 1. The van der Waals surface area contributed by atoms with E-state index in [0.29, 0.717) is 19.6 Å². The maximum Gasteiger partial charge on any atom is 0.308 e. The number of hydrogen-bond acceptors (Lipinski definition) is 5. The van der Waals surface area contributed by atoms with Gasteiger partial charge >= 0.3 is 5.97 Å². The van der Waals surface area contributed by atoms with E-state index in [0.717, 1.165) is 18.4 Å². The Balaban J connectivity index is -0.000000961. The summed E-state index contributed by atoms with van der Waals surface area (Å²) >= 11 is 0. The van der Waals surface area contributed by atoms with Gasteiger partial charge in [-0.25, -0.2) is 0 Å². The van der Waals surface area contributed by atoms with Crippen molar-refractivity contribution in [3.05, 3.63) is 71.8 Å². The van der Waals surface area contributed by atoms with Crippen molar-refractivity contribution in [3.63, 3.8) is 0 Å². The van der Waals surface area contributed by atoms with E-state index in [2.05, 4.69) is 12.1 Å². The number of carbonyl (C=O) groups is 2. The first-order chi connectivity index (χ1) is 14.6. The van der Waals surface area contributed by atoms with Gasteiger partial charge in [0.05, 0.1) is 25.7 Å². The number of rotatable bonds is 14. The molecule has 0 amide bonds. The van der Waals surface area contributed by atoms with Crippen molar-refractivity contribution in [1.29, 1.82) is 0 Å². The molecule has 0 bridgehead atoms. The molecule has 0 aliphatic carbocycles. The Morgan fingerprint density at radius 1 is 0.771 bits per heavy atom. The Hall–Kier alpha value is -2.44. The van der Waals surface area contributed by atoms with Crippen LogP contribution in [-0.4, -0.2) is 46.1 Å². The molecule has 5 nitrogen and oxygen atoms in total. The summed E-state index contributed by atoms with van der Waals surface area (Å²) in [4.78, 5) is 24.0. The van der Waals surface area contributed by atoms with Crippen LogP contribution in [0.4, 0.5) is 0 Å². The number of carbonyl (C=O) groups excluding carboxylic acids is 2. The van der Waals surface area contributed by atoms with Crippen LogP contribution in [-0.2, 0) is 36.8 Å². The van der Waals surface area contributed by atoms with E-state index in [9.17, 15) is 9.59 Å². The molecule has 0 aromatic heterocycles. The third-order valence-corrected chi connectivity index (χ3v) is 4.83. The summed E-state index contributed by atoms with van der Waals surface area (Å²) in [7, 11) is 1.60. The number of ether oxygens (including phenoxy) is 3. The van der Waals surface area contributed by atoms with Crippen LogP contribution < -0.4 is 0 Å². The molecule has 197 valence electrons. The predicted molar refractivity (Wildman–Crippen MR) is 149 cm³/mol. The highest BCUT2D eigenvalue weighted by atomic mass is 16.5. The van der Waals surface area contributed by atoms with Gasteiger partial charge in [-0.15, -0.1) is 0 Å². The quantitative estimate of drug-likeness (QED) is 0.169. The molecule has 2 unspecified atom stereocenters. The molecule has 0 spiro atoms. The number of benzene rings is 2. The maximum atomic E-state index is 12.4. The molecule has 2 aromatic rings. The van der Waals surface area contributed by atoms with Crippen molar-refractivity contribution < 1.29 is 23.8 Å². The fraction of sp³-hybridized carbons (Fsp3) is 0.517. The van der Waals surface area contributed by atoms with Crippen LogP contribution >= 0.6 is 0 Å². The van der Waals surface area contributed by atoms with Gasteiger partial charge < -0.3 is 14.2 Å². The second-order valence-electron chi connectivity index (χ2n) is 7.43. The van der Waals surface area contributed by atoms with Crippen molar-refractivity contribution in [1.82, 2.24) is 0 Å². The molecule has 35 heavy (non-hydrogen) atoms. The topological polar surface area (TPSA) is 61.8 Å². The van der Waals surface area contributed by atoms with E-state index in [1.54, 1.807) is 7.11 Å². The van der Waals surface area contributed by atoms with Gasteiger partial charge in [0.15, 0.2) is 0 Å². The zero-order valence-corrected chi connectivity index (χ0v) is 18.5. The third-order valence-electron chi connectivity index (χ3n) is 4.83. The lowest BCUT2D eigenvalue weighted by Gasteiger charge is -2.19. The van der Waals surface area contributed by atoms with E-state index < -0.39 is 6.10 Å². The number of hydrogen-bond donors (Lipinski definition) is 0. The minimum absolute atomic E-state index is 0. The summed E-state index contributed by atoms with van der Waals surface area (Å²) in [6, 6.07) is 20.0. The zero-order valence-electron chi connectivity index (χ0n) is 18.5. The van der Waals surface area contributed by atoms with Crippen LogP contribution in [0.25, 0.3) is 0 Å². The lowest BCUT2D eigenvalue weighted by atomic mass is 10.0. The van der Waals surface area contributed by atoms with Crippen LogP contribution in [0.15, 0.2) is 60.7 Å². The van der Waals surface area contributed by atoms with Crippen molar-refractivity contribution in [2.24, 2.45) is 0 Å². The smallest absolute Gasteiger partial charge is 0.308 e. The van der Waals surface area contributed by atoms with E-state index in [1.165, 1.54) is 12.5 Å². The van der Waals surface area contributed by atoms with E-state index in [4.69, 9.17) is 14.2 Å². The van der Waals surface area contributed by atoms with Crippen LogP contribution in [0.1, 0.15) is 73.4 Å². The summed E-state index contributed by atoms with van der Waals surface area (Å²) in [5.41, 5.74) is 2.29. The molecule has 0 saturated carbocycles. The fourth-order valence-electron chi connectivity index (χ4n) is 3.20. The van der Waals surface area contributed by atoms with Crippen molar-refractivity contribution in [2.75, 3.05) is 13.7 Å². The highest BCUT2D eigenvalue weighted by molar-refractivity contribution is 5.77. The van der Waals surface area contributed by atoms with Crippen LogP contribution in [0.3, 0.4) is 0 Å². The molecular weight excluding hydrogens is 439 g/mol. The molecule has 0 fully saturated rings. The molecule has 2 atom stereocenters. The average Bonchev–Trinajstić information content (AvgIpc) is 2.75. The second kappa shape index (κ2) is 23.3. The normalized spacial score (nSPS) is 11.0. The molecule has 2 rings (SSSR count). The summed E-state index contributed by atoms with van der Waals surface area (Å²) in [6.07, 6.45) is 1.72. The number of ketones is 1. The second-order valence-corrected chi connectivity index (χ2v) is 7.43. The third kappa shape index (κ3) is 17.6. The standard InChI is InChI=1S/C25H32O5.4CH4.B/c1-20(26)17-24(15-16-29-19-22-11-7-4-8-12-22)30-25(27)18-23(28-2)14-13-21-9-5-3-6-10-21;;;;;/h3-12,23-24H,13-19H2,1-2H3;4*1H4;. The van der Waals surface area contributed by atoms with Gasteiger partial charge in [0.2, 0.25) is 0 Å². The van der Waals surface area contributed by atoms with Crippen molar-refractivity contribution in [3.8, 4) is 0 Å². The first-order valence-electron chi connectivity index (χ1n) is 10.4.